The largest absolute Gasteiger partial charge is 0.360 e. The molecule has 8 rings (SSSR count). The highest BCUT2D eigenvalue weighted by Crippen LogP contribution is 2.31. The summed E-state index contributed by atoms with van der Waals surface area (Å²) in [5, 5.41) is 18.4. The highest BCUT2D eigenvalue weighted by molar-refractivity contribution is 9.10. The summed E-state index contributed by atoms with van der Waals surface area (Å²) < 4.78 is 28.7. The van der Waals surface area contributed by atoms with Crippen molar-refractivity contribution in [3.8, 4) is 22.5 Å². The number of nitrogens with one attached hydrogen (secondary N) is 2. The Bertz CT molecular complexity index is 2710. The molecule has 0 saturated carbocycles. The van der Waals surface area contributed by atoms with Crippen LogP contribution in [-0.4, -0.2) is 92.7 Å². The number of aryl methyl sites for hydroxylation is 2. The van der Waals surface area contributed by atoms with Crippen LogP contribution < -0.4 is 10.6 Å². The van der Waals surface area contributed by atoms with Gasteiger partial charge in [-0.1, -0.05) is 39.3 Å². The highest BCUT2D eigenvalue weighted by Gasteiger charge is 2.18. The zero-order valence-corrected chi connectivity index (χ0v) is 41.8. The Morgan fingerprint density at radius 2 is 1.15 bits per heavy atom. The van der Waals surface area contributed by atoms with Gasteiger partial charge >= 0.3 is 0 Å². The molecule has 22 heteroatoms. The van der Waals surface area contributed by atoms with E-state index < -0.39 is 16.1 Å². The first kappa shape index (κ1) is 44.8. The molecule has 0 saturated heterocycles. The van der Waals surface area contributed by atoms with Crippen molar-refractivity contribution >= 4 is 99.8 Å². The first-order valence-corrected chi connectivity index (χ1v) is 30.7. The fourth-order valence-corrected chi connectivity index (χ4v) is 9.51. The molecular weight excluding hydrogens is 929 g/mol. The number of thioether (sulfide) groups is 1. The number of rotatable bonds is 17. The maximum absolute atomic E-state index is 5.82. The lowest BCUT2D eigenvalue weighted by molar-refractivity contribution is 0.0785. The van der Waals surface area contributed by atoms with Crippen LogP contribution in [0.4, 0.5) is 21.6 Å². The van der Waals surface area contributed by atoms with Crippen LogP contribution in [0, 0.1) is 13.8 Å². The maximum Gasteiger partial charge on any atom is 0.181 e. The van der Waals surface area contributed by atoms with E-state index in [9.17, 15) is 0 Å². The molecule has 2 N–H and O–H groups in total. The molecule has 0 atom stereocenters. The highest BCUT2D eigenvalue weighted by atomic mass is 79.9. The summed E-state index contributed by atoms with van der Waals surface area (Å²) >= 11 is 7.91. The molecule has 0 amide bonds. The van der Waals surface area contributed by atoms with Gasteiger partial charge in [0.05, 0.1) is 47.6 Å². The summed E-state index contributed by atoms with van der Waals surface area (Å²) in [5.41, 5.74) is 7.30. The molecule has 0 unspecified atom stereocenters. The molecular formula is C39H51BrN14O2S3Si2. The second-order valence-corrected chi connectivity index (χ2v) is 31.4. The summed E-state index contributed by atoms with van der Waals surface area (Å²) in [5.74, 6) is 1.38. The molecule has 0 aliphatic rings. The van der Waals surface area contributed by atoms with Crippen molar-refractivity contribution in [2.24, 2.45) is 0 Å². The van der Waals surface area contributed by atoms with Crippen LogP contribution in [0.25, 0.3) is 33.8 Å². The Morgan fingerprint density at radius 3 is 1.59 bits per heavy atom. The Kier molecular flexibility index (Phi) is 14.2. The molecule has 8 aromatic heterocycles. The van der Waals surface area contributed by atoms with Gasteiger partial charge in [-0.25, -0.2) is 29.3 Å². The molecule has 0 aliphatic carbocycles. The summed E-state index contributed by atoms with van der Waals surface area (Å²) in [7, 11) is -2.18. The first-order chi connectivity index (χ1) is 29.1. The molecule has 0 radical (unpaired) electrons. The Labute approximate surface area is 378 Å². The van der Waals surface area contributed by atoms with Gasteiger partial charge in [0, 0.05) is 65.3 Å². The van der Waals surface area contributed by atoms with E-state index >= 15 is 0 Å². The van der Waals surface area contributed by atoms with E-state index in [1.807, 2.05) is 95.6 Å². The summed E-state index contributed by atoms with van der Waals surface area (Å²) in [6.45, 7) is 20.5. The molecule has 0 fully saturated rings. The van der Waals surface area contributed by atoms with Gasteiger partial charge < -0.3 is 20.1 Å². The van der Waals surface area contributed by atoms with Crippen molar-refractivity contribution in [2.45, 2.75) is 83.7 Å². The van der Waals surface area contributed by atoms with Gasteiger partial charge in [-0.15, -0.1) is 11.8 Å². The van der Waals surface area contributed by atoms with Gasteiger partial charge in [0.1, 0.15) is 33.1 Å². The van der Waals surface area contributed by atoms with Crippen molar-refractivity contribution in [2.75, 3.05) is 30.1 Å². The summed E-state index contributed by atoms with van der Waals surface area (Å²) in [6, 6.07) is 6.28. The number of anilines is 4. The van der Waals surface area contributed by atoms with Crippen LogP contribution in [0.15, 0.2) is 71.3 Å². The Hall–Kier alpha value is -4.30. The van der Waals surface area contributed by atoms with E-state index in [0.29, 0.717) is 29.7 Å². The van der Waals surface area contributed by atoms with E-state index in [2.05, 4.69) is 104 Å². The molecule has 8 heterocycles. The second kappa shape index (κ2) is 19.4. The second-order valence-electron chi connectivity index (χ2n) is 16.9. The smallest absolute Gasteiger partial charge is 0.181 e. The van der Waals surface area contributed by atoms with Crippen LogP contribution >= 0.6 is 50.8 Å². The van der Waals surface area contributed by atoms with E-state index in [-0.39, 0.29) is 0 Å². The standard InChI is InChI=1S/C20H27N7OS2Si.C19H24BrN7OSSi/c1-14-8-17(30-25-14)23-19-20-21-10-16(27(20)12-18(24-19)29-2)15-9-22-26(11-15)13-28-6-7-31(3,4)5;1-13-7-17(29-25-13)24-18-19-21-9-15(27(19)11-16(20)23-18)14-8-22-26(10-14)12-28-5-6-30(2,3)4/h8-12H,6-7,13H2,1-5H3,(H,23,24);7-11H,5-6,12H2,1-4H3,(H,23,24). The topological polar surface area (TPSA) is 164 Å². The predicted octanol–water partition coefficient (Wildman–Crippen LogP) is 10.3. The minimum Gasteiger partial charge on any atom is -0.360 e. The minimum atomic E-state index is -1.09. The van der Waals surface area contributed by atoms with Crippen LogP contribution in [0.1, 0.15) is 11.4 Å². The molecule has 0 aliphatic heterocycles. The zero-order valence-electron chi connectivity index (χ0n) is 35.8. The number of fused-ring (bicyclic) bond motifs is 2. The monoisotopic (exact) mass is 978 g/mol. The number of aromatic nitrogens is 12. The fraction of sp³-hybridized carbons (Fsp3) is 0.385. The molecule has 8 aromatic rings. The van der Waals surface area contributed by atoms with E-state index in [1.165, 1.54) is 23.1 Å². The molecule has 322 valence electrons. The van der Waals surface area contributed by atoms with Crippen molar-refractivity contribution in [1.82, 2.24) is 57.0 Å². The third-order valence-electron chi connectivity index (χ3n) is 9.18. The molecule has 0 bridgehead atoms. The lowest BCUT2D eigenvalue weighted by Crippen LogP contribution is -2.22. The van der Waals surface area contributed by atoms with Gasteiger partial charge in [-0.2, -0.15) is 18.9 Å². The van der Waals surface area contributed by atoms with Gasteiger partial charge in [0.2, 0.25) is 0 Å². The summed E-state index contributed by atoms with van der Waals surface area (Å²) in [4.78, 5) is 18.5. The van der Waals surface area contributed by atoms with E-state index in [1.54, 1.807) is 11.8 Å². The zero-order chi connectivity index (χ0) is 43.3. The number of ether oxygens (including phenoxy) is 2. The molecule has 0 spiro atoms. The third-order valence-corrected chi connectivity index (χ3v) is 15.2. The minimum absolute atomic E-state index is 0.448. The van der Waals surface area contributed by atoms with Gasteiger partial charge in [0.15, 0.2) is 22.9 Å². The van der Waals surface area contributed by atoms with Gasteiger partial charge in [-0.3, -0.25) is 8.80 Å². The number of hydrogen-bond donors (Lipinski definition) is 2. The van der Waals surface area contributed by atoms with Crippen LogP contribution in [0.2, 0.25) is 51.4 Å². The Balaban J connectivity index is 0.000000184. The number of hydrogen-bond acceptors (Lipinski definition) is 15. The lowest BCUT2D eigenvalue weighted by atomic mass is 10.3. The lowest BCUT2D eigenvalue weighted by Gasteiger charge is -2.15. The van der Waals surface area contributed by atoms with Crippen molar-refractivity contribution in [3.63, 3.8) is 0 Å². The third kappa shape index (κ3) is 12.0. The maximum atomic E-state index is 5.82. The summed E-state index contributed by atoms with van der Waals surface area (Å²) in [6.07, 6.45) is 17.3. The van der Waals surface area contributed by atoms with Gasteiger partial charge in [0.25, 0.3) is 0 Å². The van der Waals surface area contributed by atoms with Crippen LogP contribution in [-0.2, 0) is 22.9 Å². The SMILES string of the molecule is CSc1cn2c(-c3cnn(COCC[Si](C)(C)C)c3)cnc2c(Nc2cc(C)ns2)n1.Cc1cc(Nc2nc(Br)cn3c(-c4cnn(COCC[Si](C)(C)C)c4)cnc23)sn1. The quantitative estimate of drug-likeness (QED) is 0.0504. The molecule has 0 aromatic carbocycles. The fourth-order valence-electron chi connectivity index (χ4n) is 5.90. The Morgan fingerprint density at radius 1 is 0.672 bits per heavy atom. The van der Waals surface area contributed by atoms with Crippen molar-refractivity contribution < 1.29 is 9.47 Å². The van der Waals surface area contributed by atoms with Crippen LogP contribution in [0.3, 0.4) is 0 Å². The number of halogens is 1. The van der Waals surface area contributed by atoms with Gasteiger partial charge in [-0.05, 0) is 83.3 Å². The van der Waals surface area contributed by atoms with Crippen molar-refractivity contribution in [1.29, 1.82) is 0 Å². The number of imidazole rings is 2. The van der Waals surface area contributed by atoms with Crippen molar-refractivity contribution in [3.05, 3.63) is 77.7 Å². The average Bonchev–Trinajstić information content (AvgIpc) is 4.06. The average molecular weight is 980 g/mol. The van der Waals surface area contributed by atoms with Crippen LogP contribution in [0.5, 0.6) is 0 Å². The van der Waals surface area contributed by atoms with E-state index in [4.69, 9.17) is 14.5 Å². The molecule has 61 heavy (non-hydrogen) atoms. The molecule has 16 nitrogen and oxygen atoms in total. The predicted molar refractivity (Wildman–Crippen MR) is 256 cm³/mol. The van der Waals surface area contributed by atoms with E-state index in [0.717, 1.165) is 85.5 Å². The number of nitrogens with zero attached hydrogens (tertiary/aromatic N) is 12. The first-order valence-electron chi connectivity index (χ1n) is 19.7. The normalized spacial score (nSPS) is 12.0.